The first-order chi connectivity index (χ1) is 16.7. The summed E-state index contributed by atoms with van der Waals surface area (Å²) < 4.78 is 36.5. The molecule has 4 rings (SSSR count). The molecule has 0 aliphatic rings. The van der Waals surface area contributed by atoms with Crippen LogP contribution in [0, 0.1) is 5.95 Å². The van der Waals surface area contributed by atoms with E-state index in [9.17, 15) is 13.8 Å². The van der Waals surface area contributed by atoms with E-state index in [1.165, 1.54) is 23.9 Å². The first kappa shape index (κ1) is 24.2. The van der Waals surface area contributed by atoms with Gasteiger partial charge in [-0.2, -0.15) is 4.39 Å². The molecule has 0 saturated heterocycles. The summed E-state index contributed by atoms with van der Waals surface area (Å²) in [4.78, 5) is 38.0. The number of pyridine rings is 2. The molecular formula is C23H20FN4O6P. The van der Waals surface area contributed by atoms with Crippen LogP contribution in [0.2, 0.25) is 0 Å². The Morgan fingerprint density at radius 2 is 2.00 bits per heavy atom. The largest absolute Gasteiger partial charge is 0.497 e. The van der Waals surface area contributed by atoms with Crippen molar-refractivity contribution in [2.45, 2.75) is 6.73 Å². The standard InChI is InChI=1S/C23H20FN4O6P/c1-3-22(29)27-17-6-15(7-18(10-17)33-2)16-8-19-20(14-4-5-25-21(24)9-14)12-28(23(19)26-11-16)13-34-35(30,31)32/h3-12H,1,13H2,2H3,(H,27,29)(H2,30,31,32). The first-order valence-corrected chi connectivity index (χ1v) is 11.6. The van der Waals surface area contributed by atoms with Crippen LogP contribution in [0.25, 0.3) is 33.3 Å². The molecule has 0 unspecified atom stereocenters. The Balaban J connectivity index is 1.86. The molecule has 3 heterocycles. The number of hydrogen-bond donors (Lipinski definition) is 3. The zero-order valence-electron chi connectivity index (χ0n) is 18.4. The summed E-state index contributed by atoms with van der Waals surface area (Å²) in [5.74, 6) is -0.581. The number of halogens is 1. The fourth-order valence-corrected chi connectivity index (χ4v) is 3.79. The number of ether oxygens (including phenoxy) is 1. The number of methoxy groups -OCH3 is 1. The predicted octanol–water partition coefficient (Wildman–Crippen LogP) is 4.10. The smallest absolute Gasteiger partial charge is 0.471 e. The highest BCUT2D eigenvalue weighted by Crippen LogP contribution is 2.38. The zero-order valence-corrected chi connectivity index (χ0v) is 19.3. The number of phosphoric ester groups is 1. The minimum absolute atomic E-state index is 0.359. The number of aromatic nitrogens is 3. The number of hydrogen-bond acceptors (Lipinski definition) is 6. The third-order valence-electron chi connectivity index (χ3n) is 5.04. The number of fused-ring (bicyclic) bond motifs is 1. The van der Waals surface area contributed by atoms with Crippen LogP contribution >= 0.6 is 7.82 Å². The predicted molar refractivity (Wildman–Crippen MR) is 127 cm³/mol. The molecule has 0 saturated carbocycles. The Morgan fingerprint density at radius 1 is 1.20 bits per heavy atom. The summed E-state index contributed by atoms with van der Waals surface area (Å²) in [6.07, 6.45) is 5.58. The van der Waals surface area contributed by atoms with Gasteiger partial charge < -0.3 is 24.4 Å². The molecule has 0 radical (unpaired) electrons. The van der Waals surface area contributed by atoms with Crippen molar-refractivity contribution in [1.82, 2.24) is 14.5 Å². The van der Waals surface area contributed by atoms with E-state index in [-0.39, 0.29) is 5.91 Å². The highest BCUT2D eigenvalue weighted by Gasteiger charge is 2.18. The molecule has 1 aromatic carbocycles. The number of carbonyl (C=O) groups is 1. The van der Waals surface area contributed by atoms with E-state index in [1.54, 1.807) is 42.7 Å². The number of anilines is 1. The van der Waals surface area contributed by atoms with Gasteiger partial charge in [-0.05, 0) is 41.5 Å². The maximum Gasteiger partial charge on any atom is 0.471 e. The highest BCUT2D eigenvalue weighted by atomic mass is 31.2. The molecule has 180 valence electrons. The maximum atomic E-state index is 13.9. The lowest BCUT2D eigenvalue weighted by atomic mass is 10.0. The van der Waals surface area contributed by atoms with Crippen molar-refractivity contribution in [1.29, 1.82) is 0 Å². The van der Waals surface area contributed by atoms with Gasteiger partial charge in [0.15, 0.2) is 0 Å². The summed E-state index contributed by atoms with van der Waals surface area (Å²) in [6.45, 7) is 2.97. The fraction of sp³-hybridized carbons (Fsp3) is 0.0870. The molecule has 10 nitrogen and oxygen atoms in total. The number of carbonyl (C=O) groups excluding carboxylic acids is 1. The number of rotatable bonds is 8. The molecule has 0 aliphatic heterocycles. The molecule has 4 aromatic rings. The number of amides is 1. The van der Waals surface area contributed by atoms with Gasteiger partial charge in [0.2, 0.25) is 11.9 Å². The average molecular weight is 498 g/mol. The van der Waals surface area contributed by atoms with Crippen molar-refractivity contribution < 1.29 is 32.8 Å². The molecule has 0 atom stereocenters. The first-order valence-electron chi connectivity index (χ1n) is 10.1. The second-order valence-electron chi connectivity index (χ2n) is 7.37. The van der Waals surface area contributed by atoms with Crippen LogP contribution in [-0.4, -0.2) is 37.3 Å². The van der Waals surface area contributed by atoms with Gasteiger partial charge in [0.25, 0.3) is 0 Å². The minimum Gasteiger partial charge on any atom is -0.497 e. The van der Waals surface area contributed by atoms with E-state index in [1.807, 2.05) is 0 Å². The number of benzene rings is 1. The molecular weight excluding hydrogens is 478 g/mol. The molecule has 0 spiro atoms. The van der Waals surface area contributed by atoms with Crippen LogP contribution < -0.4 is 10.1 Å². The van der Waals surface area contributed by atoms with Gasteiger partial charge in [-0.3, -0.25) is 9.32 Å². The van der Waals surface area contributed by atoms with E-state index in [0.29, 0.717) is 44.7 Å². The summed E-state index contributed by atoms with van der Waals surface area (Å²) in [6, 6.07) is 9.77. The molecule has 0 aliphatic carbocycles. The van der Waals surface area contributed by atoms with Crippen LogP contribution in [0.1, 0.15) is 0 Å². The molecule has 12 heteroatoms. The molecule has 0 bridgehead atoms. The van der Waals surface area contributed by atoms with Gasteiger partial charge in [-0.25, -0.2) is 14.5 Å². The number of phosphoric acid groups is 1. The Bertz CT molecular complexity index is 1480. The van der Waals surface area contributed by atoms with E-state index in [2.05, 4.69) is 26.4 Å². The third-order valence-corrected chi connectivity index (χ3v) is 5.50. The van der Waals surface area contributed by atoms with Crippen LogP contribution in [-0.2, 0) is 20.6 Å². The summed E-state index contributed by atoms with van der Waals surface area (Å²) in [5, 5.41) is 3.26. The van der Waals surface area contributed by atoms with E-state index >= 15 is 0 Å². The Kier molecular flexibility index (Phi) is 6.77. The lowest BCUT2D eigenvalue weighted by molar-refractivity contribution is -0.111. The van der Waals surface area contributed by atoms with Gasteiger partial charge in [0, 0.05) is 52.9 Å². The highest BCUT2D eigenvalue weighted by molar-refractivity contribution is 7.46. The number of nitrogens with one attached hydrogen (secondary N) is 1. The number of nitrogens with zero attached hydrogens (tertiary/aromatic N) is 3. The van der Waals surface area contributed by atoms with E-state index in [4.69, 9.17) is 14.5 Å². The second kappa shape index (κ2) is 9.77. The summed E-state index contributed by atoms with van der Waals surface area (Å²) >= 11 is 0. The molecule has 3 aromatic heterocycles. The van der Waals surface area contributed by atoms with Crippen LogP contribution in [0.3, 0.4) is 0 Å². The SMILES string of the molecule is C=CC(=O)Nc1cc(OC)cc(-c2cnc3c(c2)c(-c2ccnc(F)c2)cn3COP(=O)(O)O)c1. The van der Waals surface area contributed by atoms with Crippen molar-refractivity contribution in [3.05, 3.63) is 73.6 Å². The van der Waals surface area contributed by atoms with Gasteiger partial charge >= 0.3 is 7.82 Å². The van der Waals surface area contributed by atoms with Crippen LogP contribution in [0.15, 0.2) is 67.6 Å². The van der Waals surface area contributed by atoms with Gasteiger partial charge in [0.05, 0.1) is 7.11 Å². The van der Waals surface area contributed by atoms with Crippen molar-refractivity contribution >= 4 is 30.5 Å². The quantitative estimate of drug-likeness (QED) is 0.188. The molecule has 1 amide bonds. The topological polar surface area (TPSA) is 136 Å². The third kappa shape index (κ3) is 5.61. The average Bonchev–Trinajstić information content (AvgIpc) is 3.20. The maximum absolute atomic E-state index is 13.9. The monoisotopic (exact) mass is 498 g/mol. The zero-order chi connectivity index (χ0) is 25.2. The lowest BCUT2D eigenvalue weighted by Crippen LogP contribution is -2.07. The van der Waals surface area contributed by atoms with Crippen molar-refractivity contribution in [2.75, 3.05) is 12.4 Å². The van der Waals surface area contributed by atoms with E-state index in [0.717, 1.165) is 6.08 Å². The second-order valence-corrected chi connectivity index (χ2v) is 8.61. The van der Waals surface area contributed by atoms with Crippen LogP contribution in [0.4, 0.5) is 10.1 Å². The van der Waals surface area contributed by atoms with Gasteiger partial charge in [0.1, 0.15) is 18.1 Å². The minimum atomic E-state index is -4.74. The molecule has 0 fully saturated rings. The van der Waals surface area contributed by atoms with Crippen molar-refractivity contribution in [3.63, 3.8) is 0 Å². The Labute approximate surface area is 198 Å². The van der Waals surface area contributed by atoms with Crippen molar-refractivity contribution in [3.8, 4) is 28.0 Å². The molecule has 35 heavy (non-hydrogen) atoms. The fourth-order valence-electron chi connectivity index (χ4n) is 3.51. The summed E-state index contributed by atoms with van der Waals surface area (Å²) in [7, 11) is -3.24. The van der Waals surface area contributed by atoms with Gasteiger partial charge in [-0.15, -0.1) is 0 Å². The van der Waals surface area contributed by atoms with Crippen LogP contribution in [0.5, 0.6) is 5.75 Å². The van der Waals surface area contributed by atoms with E-state index < -0.39 is 20.5 Å². The summed E-state index contributed by atoms with van der Waals surface area (Å²) in [5.41, 5.74) is 3.19. The molecule has 3 N–H and O–H groups in total. The Hall–Kier alpha value is -3.89. The normalized spacial score (nSPS) is 11.4. The lowest BCUT2D eigenvalue weighted by Gasteiger charge is -2.11. The van der Waals surface area contributed by atoms with Crippen molar-refractivity contribution in [2.24, 2.45) is 0 Å². The van der Waals surface area contributed by atoms with Gasteiger partial charge in [-0.1, -0.05) is 6.58 Å². The Morgan fingerprint density at radius 3 is 2.69 bits per heavy atom.